The van der Waals surface area contributed by atoms with E-state index in [1.54, 1.807) is 32.0 Å². The van der Waals surface area contributed by atoms with Crippen molar-refractivity contribution >= 4 is 17.5 Å². The van der Waals surface area contributed by atoms with E-state index in [1.165, 1.54) is 0 Å². The SMILES string of the molecule is CC(Oc1ccc([C@H](C)O)cc1Cl)C(=O)NC(C)(C)C. The van der Waals surface area contributed by atoms with Crippen LogP contribution in [0.3, 0.4) is 0 Å². The van der Waals surface area contributed by atoms with Crippen LogP contribution in [0, 0.1) is 0 Å². The number of carbonyl (C=O) groups excluding carboxylic acids is 1. The van der Waals surface area contributed by atoms with Crippen LogP contribution >= 0.6 is 11.6 Å². The lowest BCUT2D eigenvalue weighted by atomic mass is 10.1. The quantitative estimate of drug-likeness (QED) is 0.898. The topological polar surface area (TPSA) is 58.6 Å². The first-order chi connectivity index (χ1) is 9.10. The molecule has 0 saturated carbocycles. The minimum atomic E-state index is -0.649. The van der Waals surface area contributed by atoms with Crippen LogP contribution in [-0.4, -0.2) is 22.7 Å². The standard InChI is InChI=1S/C15H22ClNO3/c1-9(18)11-6-7-13(12(16)8-11)20-10(2)14(19)17-15(3,4)5/h6-10,18H,1-5H3,(H,17,19)/t9-,10?/m0/s1. The number of carbonyl (C=O) groups is 1. The highest BCUT2D eigenvalue weighted by Crippen LogP contribution is 2.28. The van der Waals surface area contributed by atoms with Crippen LogP contribution in [0.5, 0.6) is 5.75 Å². The van der Waals surface area contributed by atoms with Crippen molar-refractivity contribution in [1.82, 2.24) is 5.32 Å². The Hall–Kier alpha value is -1.26. The van der Waals surface area contributed by atoms with Gasteiger partial charge in [-0.2, -0.15) is 0 Å². The summed E-state index contributed by atoms with van der Waals surface area (Å²) in [4.78, 5) is 11.9. The van der Waals surface area contributed by atoms with Crippen molar-refractivity contribution in [2.45, 2.75) is 52.4 Å². The molecule has 1 aromatic carbocycles. The van der Waals surface area contributed by atoms with Gasteiger partial charge in [0.1, 0.15) is 5.75 Å². The van der Waals surface area contributed by atoms with Gasteiger partial charge in [0, 0.05) is 5.54 Å². The zero-order valence-corrected chi connectivity index (χ0v) is 13.3. The molecule has 1 unspecified atom stereocenters. The second kappa shape index (κ2) is 6.46. The highest BCUT2D eigenvalue weighted by Gasteiger charge is 2.21. The summed E-state index contributed by atoms with van der Waals surface area (Å²) >= 11 is 6.09. The fourth-order valence-corrected chi connectivity index (χ4v) is 1.82. The van der Waals surface area contributed by atoms with Crippen molar-refractivity contribution in [1.29, 1.82) is 0 Å². The molecule has 2 N–H and O–H groups in total. The Morgan fingerprint density at radius 3 is 2.40 bits per heavy atom. The largest absolute Gasteiger partial charge is 0.479 e. The first-order valence-electron chi connectivity index (χ1n) is 6.56. The molecule has 0 aliphatic carbocycles. The molecule has 0 bridgehead atoms. The van der Waals surface area contributed by atoms with Crippen LogP contribution < -0.4 is 10.1 Å². The van der Waals surface area contributed by atoms with E-state index in [-0.39, 0.29) is 11.4 Å². The average Bonchev–Trinajstić information content (AvgIpc) is 2.29. The number of halogens is 1. The molecule has 1 rings (SSSR count). The van der Waals surface area contributed by atoms with Crippen LogP contribution in [0.1, 0.15) is 46.3 Å². The van der Waals surface area contributed by atoms with E-state index in [2.05, 4.69) is 5.32 Å². The van der Waals surface area contributed by atoms with Crippen molar-refractivity contribution in [2.24, 2.45) is 0 Å². The molecule has 5 heteroatoms. The predicted molar refractivity (Wildman–Crippen MR) is 80.1 cm³/mol. The molecule has 4 nitrogen and oxygen atoms in total. The third-order valence-corrected chi connectivity index (χ3v) is 2.90. The van der Waals surface area contributed by atoms with Gasteiger partial charge in [0.15, 0.2) is 6.10 Å². The maximum absolute atomic E-state index is 11.9. The second-order valence-corrected chi connectivity index (χ2v) is 6.27. The molecule has 0 saturated heterocycles. The van der Waals surface area contributed by atoms with Gasteiger partial charge in [-0.1, -0.05) is 17.7 Å². The number of amides is 1. The lowest BCUT2D eigenvalue weighted by Gasteiger charge is -2.24. The van der Waals surface area contributed by atoms with Gasteiger partial charge in [0.2, 0.25) is 0 Å². The fraction of sp³-hybridized carbons (Fsp3) is 0.533. The molecule has 112 valence electrons. The molecule has 0 heterocycles. The van der Waals surface area contributed by atoms with Crippen molar-refractivity contribution in [3.8, 4) is 5.75 Å². The summed E-state index contributed by atoms with van der Waals surface area (Å²) in [5.41, 5.74) is 0.392. The molecule has 1 amide bonds. The van der Waals surface area contributed by atoms with Gasteiger partial charge in [0.05, 0.1) is 11.1 Å². The molecule has 20 heavy (non-hydrogen) atoms. The van der Waals surface area contributed by atoms with E-state index in [9.17, 15) is 9.90 Å². The van der Waals surface area contributed by atoms with Crippen molar-refractivity contribution < 1.29 is 14.6 Å². The van der Waals surface area contributed by atoms with Gasteiger partial charge in [-0.15, -0.1) is 0 Å². The zero-order chi connectivity index (χ0) is 15.5. The predicted octanol–water partition coefficient (Wildman–Crippen LogP) is 3.08. The highest BCUT2D eigenvalue weighted by atomic mass is 35.5. The summed E-state index contributed by atoms with van der Waals surface area (Å²) in [7, 11) is 0. The van der Waals surface area contributed by atoms with Crippen LogP contribution in [0.15, 0.2) is 18.2 Å². The normalized spacial score (nSPS) is 14.6. The summed E-state index contributed by atoms with van der Waals surface area (Å²) in [6.07, 6.45) is -1.24. The average molecular weight is 300 g/mol. The maximum atomic E-state index is 11.9. The molecule has 0 aliphatic heterocycles. The minimum absolute atomic E-state index is 0.201. The van der Waals surface area contributed by atoms with E-state index in [4.69, 9.17) is 16.3 Å². The van der Waals surface area contributed by atoms with E-state index < -0.39 is 12.2 Å². The van der Waals surface area contributed by atoms with E-state index in [1.807, 2.05) is 20.8 Å². The monoisotopic (exact) mass is 299 g/mol. The van der Waals surface area contributed by atoms with Crippen molar-refractivity contribution in [2.75, 3.05) is 0 Å². The molecular formula is C15H22ClNO3. The summed E-state index contributed by atoms with van der Waals surface area (Å²) in [6.45, 7) is 9.04. The Bertz CT molecular complexity index is 480. The Balaban J connectivity index is 2.76. The van der Waals surface area contributed by atoms with Crippen LogP contribution in [0.25, 0.3) is 0 Å². The zero-order valence-electron chi connectivity index (χ0n) is 12.5. The lowest BCUT2D eigenvalue weighted by molar-refractivity contribution is -0.128. The van der Waals surface area contributed by atoms with E-state index in [0.29, 0.717) is 16.3 Å². The van der Waals surface area contributed by atoms with Crippen molar-refractivity contribution in [3.63, 3.8) is 0 Å². The highest BCUT2D eigenvalue weighted by molar-refractivity contribution is 6.32. The Morgan fingerprint density at radius 1 is 1.35 bits per heavy atom. The lowest BCUT2D eigenvalue weighted by Crippen LogP contribution is -2.46. The molecule has 0 fully saturated rings. The Morgan fingerprint density at radius 2 is 1.95 bits per heavy atom. The van der Waals surface area contributed by atoms with Gasteiger partial charge in [-0.05, 0) is 52.3 Å². The molecule has 0 aromatic heterocycles. The molecule has 1 aromatic rings. The van der Waals surface area contributed by atoms with Gasteiger partial charge < -0.3 is 15.2 Å². The number of benzene rings is 1. The number of ether oxygens (including phenoxy) is 1. The molecule has 0 spiro atoms. The van der Waals surface area contributed by atoms with Gasteiger partial charge in [-0.25, -0.2) is 0 Å². The molecular weight excluding hydrogens is 278 g/mol. The summed E-state index contributed by atoms with van der Waals surface area (Å²) in [5.74, 6) is 0.223. The van der Waals surface area contributed by atoms with Gasteiger partial charge >= 0.3 is 0 Å². The first kappa shape index (κ1) is 16.8. The van der Waals surface area contributed by atoms with Gasteiger partial charge in [-0.3, -0.25) is 4.79 Å². The fourth-order valence-electron chi connectivity index (χ4n) is 1.59. The van der Waals surface area contributed by atoms with Crippen LogP contribution in [0.4, 0.5) is 0 Å². The first-order valence-corrected chi connectivity index (χ1v) is 6.94. The number of hydrogen-bond donors (Lipinski definition) is 2. The number of aliphatic hydroxyl groups excluding tert-OH is 1. The molecule has 2 atom stereocenters. The summed E-state index contributed by atoms with van der Waals surface area (Å²) in [6, 6.07) is 5.02. The number of aliphatic hydroxyl groups is 1. The van der Waals surface area contributed by atoms with E-state index >= 15 is 0 Å². The maximum Gasteiger partial charge on any atom is 0.261 e. The van der Waals surface area contributed by atoms with Crippen molar-refractivity contribution in [3.05, 3.63) is 28.8 Å². The summed E-state index contributed by atoms with van der Waals surface area (Å²) < 4.78 is 5.56. The Labute approximate surface area is 125 Å². The van der Waals surface area contributed by atoms with Gasteiger partial charge in [0.25, 0.3) is 5.91 Å². The molecule has 0 radical (unpaired) electrons. The number of nitrogens with one attached hydrogen (secondary N) is 1. The number of rotatable bonds is 4. The van der Waals surface area contributed by atoms with Crippen LogP contribution in [0.2, 0.25) is 5.02 Å². The third kappa shape index (κ3) is 5.02. The van der Waals surface area contributed by atoms with E-state index in [0.717, 1.165) is 0 Å². The summed E-state index contributed by atoms with van der Waals surface area (Å²) in [5, 5.41) is 12.7. The van der Waals surface area contributed by atoms with Crippen LogP contribution in [-0.2, 0) is 4.79 Å². The minimum Gasteiger partial charge on any atom is -0.479 e. The smallest absolute Gasteiger partial charge is 0.261 e. The third-order valence-electron chi connectivity index (χ3n) is 2.61. The Kier molecular flexibility index (Phi) is 5.42. The second-order valence-electron chi connectivity index (χ2n) is 5.87. The molecule has 0 aliphatic rings. The number of hydrogen-bond acceptors (Lipinski definition) is 3.